The van der Waals surface area contributed by atoms with E-state index in [2.05, 4.69) is 9.97 Å². The van der Waals surface area contributed by atoms with Crippen LogP contribution in [-0.4, -0.2) is 22.9 Å². The summed E-state index contributed by atoms with van der Waals surface area (Å²) in [7, 11) is 1.50. The minimum atomic E-state index is -0.0341. The van der Waals surface area contributed by atoms with Crippen LogP contribution in [-0.2, 0) is 0 Å². The molecular weight excluding hydrogens is 252 g/mol. The topological polar surface area (TPSA) is 52.1 Å². The smallest absolute Gasteiger partial charge is 0.316 e. The van der Waals surface area contributed by atoms with E-state index in [9.17, 15) is 4.79 Å². The molecule has 0 amide bonds. The summed E-state index contributed by atoms with van der Waals surface area (Å²) in [5, 5.41) is 0.508. The van der Waals surface area contributed by atoms with Gasteiger partial charge >= 0.3 is 6.01 Å². The molecule has 0 aliphatic carbocycles. The zero-order chi connectivity index (χ0) is 13.1. The Morgan fingerprint density at radius 2 is 1.83 bits per heavy atom. The molecule has 0 aliphatic heterocycles. The Labute approximate surface area is 110 Å². The lowest BCUT2D eigenvalue weighted by Gasteiger charge is -2.05. The summed E-state index contributed by atoms with van der Waals surface area (Å²) < 4.78 is 4.89. The molecule has 0 fully saturated rings. The highest BCUT2D eigenvalue weighted by molar-refractivity contribution is 6.31. The van der Waals surface area contributed by atoms with Crippen LogP contribution >= 0.6 is 11.6 Å². The average Bonchev–Trinajstić information content (AvgIpc) is 2.38. The minimum absolute atomic E-state index is 0.0341. The molecule has 0 saturated heterocycles. The van der Waals surface area contributed by atoms with Gasteiger partial charge in [-0.05, 0) is 30.7 Å². The Balaban J connectivity index is 2.46. The number of rotatable bonds is 3. The van der Waals surface area contributed by atoms with Gasteiger partial charge in [0.05, 0.1) is 7.11 Å². The van der Waals surface area contributed by atoms with Gasteiger partial charge in [-0.3, -0.25) is 4.79 Å². The first-order valence-electron chi connectivity index (χ1n) is 5.28. The molecule has 92 valence electrons. The molecule has 4 nitrogen and oxygen atoms in total. The van der Waals surface area contributed by atoms with Crippen molar-refractivity contribution in [3.63, 3.8) is 0 Å². The van der Waals surface area contributed by atoms with E-state index in [1.54, 1.807) is 30.6 Å². The van der Waals surface area contributed by atoms with Crippen LogP contribution in [0.4, 0.5) is 0 Å². The zero-order valence-corrected chi connectivity index (χ0v) is 10.7. The number of Topliss-reactive ketones (excluding diaryl/α,β-unsaturated/α-hetero) is 1. The second-order valence-electron chi connectivity index (χ2n) is 3.74. The lowest BCUT2D eigenvalue weighted by Crippen LogP contribution is -1.94. The van der Waals surface area contributed by atoms with Crippen molar-refractivity contribution in [1.82, 2.24) is 9.97 Å². The van der Waals surface area contributed by atoms with Crippen molar-refractivity contribution in [1.29, 1.82) is 0 Å². The Morgan fingerprint density at radius 3 is 2.39 bits per heavy atom. The van der Waals surface area contributed by atoms with E-state index < -0.39 is 0 Å². The summed E-state index contributed by atoms with van der Waals surface area (Å²) in [5.41, 5.74) is 2.14. The van der Waals surface area contributed by atoms with Gasteiger partial charge in [-0.25, -0.2) is 9.97 Å². The Kier molecular flexibility index (Phi) is 3.58. The molecule has 18 heavy (non-hydrogen) atoms. The third-order valence-electron chi connectivity index (χ3n) is 2.45. The lowest BCUT2D eigenvalue weighted by molar-refractivity contribution is 0.101. The molecule has 0 aliphatic rings. The largest absolute Gasteiger partial charge is 0.467 e. The summed E-state index contributed by atoms with van der Waals surface area (Å²) in [5.74, 6) is -0.0341. The van der Waals surface area contributed by atoms with Gasteiger partial charge in [0.15, 0.2) is 5.78 Å². The lowest BCUT2D eigenvalue weighted by atomic mass is 10.0. The van der Waals surface area contributed by atoms with Crippen LogP contribution in [0.3, 0.4) is 0 Å². The summed E-state index contributed by atoms with van der Waals surface area (Å²) >= 11 is 5.98. The number of ether oxygens (including phenoxy) is 1. The van der Waals surface area contributed by atoms with Crippen LogP contribution in [0.1, 0.15) is 17.3 Å². The highest BCUT2D eigenvalue weighted by Crippen LogP contribution is 2.24. The molecular formula is C13H11ClN2O2. The molecule has 1 aromatic heterocycles. The van der Waals surface area contributed by atoms with Crippen molar-refractivity contribution in [2.24, 2.45) is 0 Å². The number of benzene rings is 1. The number of halogens is 1. The van der Waals surface area contributed by atoms with E-state index in [4.69, 9.17) is 16.3 Å². The van der Waals surface area contributed by atoms with Crippen LogP contribution in [0.25, 0.3) is 11.1 Å². The number of hydrogen-bond donors (Lipinski definition) is 0. The zero-order valence-electron chi connectivity index (χ0n) is 9.98. The highest BCUT2D eigenvalue weighted by atomic mass is 35.5. The Hall–Kier alpha value is -1.94. The molecule has 0 unspecified atom stereocenters. The Morgan fingerprint density at radius 1 is 1.17 bits per heavy atom. The molecule has 0 N–H and O–H groups in total. The van der Waals surface area contributed by atoms with E-state index in [0.29, 0.717) is 16.6 Å². The number of carbonyl (C=O) groups excluding carboxylic acids is 1. The van der Waals surface area contributed by atoms with Crippen molar-refractivity contribution < 1.29 is 9.53 Å². The normalized spacial score (nSPS) is 10.2. The van der Waals surface area contributed by atoms with Gasteiger partial charge in [0, 0.05) is 28.5 Å². The molecule has 5 heteroatoms. The average molecular weight is 263 g/mol. The van der Waals surface area contributed by atoms with E-state index in [1.165, 1.54) is 14.0 Å². The number of aromatic nitrogens is 2. The first-order chi connectivity index (χ1) is 8.60. The number of methoxy groups -OCH3 is 1. The highest BCUT2D eigenvalue weighted by Gasteiger charge is 2.06. The first-order valence-corrected chi connectivity index (χ1v) is 5.66. The summed E-state index contributed by atoms with van der Waals surface area (Å²) in [6.07, 6.45) is 3.25. The van der Waals surface area contributed by atoms with E-state index in [1.807, 2.05) is 0 Å². The van der Waals surface area contributed by atoms with Crippen molar-refractivity contribution in [3.05, 3.63) is 41.2 Å². The minimum Gasteiger partial charge on any atom is -0.467 e. The van der Waals surface area contributed by atoms with Gasteiger partial charge in [0.1, 0.15) is 0 Å². The second-order valence-corrected chi connectivity index (χ2v) is 4.18. The van der Waals surface area contributed by atoms with Crippen LogP contribution in [0.5, 0.6) is 6.01 Å². The van der Waals surface area contributed by atoms with Crippen molar-refractivity contribution in [2.45, 2.75) is 6.92 Å². The summed E-state index contributed by atoms with van der Waals surface area (Å²) in [6, 6.07) is 5.46. The van der Waals surface area contributed by atoms with Gasteiger partial charge in [0.2, 0.25) is 0 Å². The van der Waals surface area contributed by atoms with E-state index in [0.717, 1.165) is 11.1 Å². The second kappa shape index (κ2) is 5.14. The molecule has 2 aromatic rings. The number of hydrogen-bond acceptors (Lipinski definition) is 4. The number of carbonyl (C=O) groups is 1. The predicted octanol–water partition coefficient (Wildman–Crippen LogP) is 3.01. The molecule has 0 bridgehead atoms. The maximum atomic E-state index is 11.4. The third kappa shape index (κ3) is 2.65. The molecule has 0 radical (unpaired) electrons. The molecule has 1 heterocycles. The van der Waals surface area contributed by atoms with Gasteiger partial charge < -0.3 is 4.74 Å². The summed E-state index contributed by atoms with van der Waals surface area (Å²) in [4.78, 5) is 19.4. The fourth-order valence-corrected chi connectivity index (χ4v) is 1.77. The van der Waals surface area contributed by atoms with Crippen LogP contribution < -0.4 is 4.74 Å². The van der Waals surface area contributed by atoms with Crippen LogP contribution in [0.2, 0.25) is 5.02 Å². The predicted molar refractivity (Wildman–Crippen MR) is 69.0 cm³/mol. The fourth-order valence-electron chi connectivity index (χ4n) is 1.53. The van der Waals surface area contributed by atoms with Gasteiger partial charge in [-0.2, -0.15) is 0 Å². The van der Waals surface area contributed by atoms with Crippen molar-refractivity contribution >= 4 is 17.4 Å². The van der Waals surface area contributed by atoms with Crippen molar-refractivity contribution in [2.75, 3.05) is 7.11 Å². The Bertz CT molecular complexity index is 582. The monoisotopic (exact) mass is 262 g/mol. The maximum absolute atomic E-state index is 11.4. The number of nitrogens with zero attached hydrogens (tertiary/aromatic N) is 2. The van der Waals surface area contributed by atoms with E-state index in [-0.39, 0.29) is 5.78 Å². The summed E-state index contributed by atoms with van der Waals surface area (Å²) in [6.45, 7) is 1.50. The van der Waals surface area contributed by atoms with Crippen LogP contribution in [0.15, 0.2) is 30.6 Å². The van der Waals surface area contributed by atoms with Crippen LogP contribution in [0, 0.1) is 0 Å². The van der Waals surface area contributed by atoms with Gasteiger partial charge in [-0.15, -0.1) is 0 Å². The van der Waals surface area contributed by atoms with E-state index >= 15 is 0 Å². The molecule has 0 saturated carbocycles. The van der Waals surface area contributed by atoms with Gasteiger partial charge in [-0.1, -0.05) is 11.6 Å². The molecule has 2 rings (SSSR count). The molecule has 0 spiro atoms. The maximum Gasteiger partial charge on any atom is 0.316 e. The third-order valence-corrected chi connectivity index (χ3v) is 2.67. The first kappa shape index (κ1) is 12.5. The van der Waals surface area contributed by atoms with Crippen molar-refractivity contribution in [3.8, 4) is 17.1 Å². The fraction of sp³-hybridized carbons (Fsp3) is 0.154. The molecule has 1 aromatic carbocycles. The quantitative estimate of drug-likeness (QED) is 0.798. The SMILES string of the molecule is COc1ncc(-c2cc(Cl)cc(C(C)=O)c2)cn1. The number of ketones is 1. The van der Waals surface area contributed by atoms with Gasteiger partial charge in [0.25, 0.3) is 0 Å². The standard InChI is InChI=1S/C13H11ClN2O2/c1-8(17)9-3-10(5-12(14)4-9)11-6-15-13(18-2)16-7-11/h3-7H,1-2H3. The molecule has 0 atom stereocenters.